The van der Waals surface area contributed by atoms with Gasteiger partial charge in [-0.3, -0.25) is 14.4 Å². The van der Waals surface area contributed by atoms with Gasteiger partial charge in [-0.15, -0.1) is 0 Å². The quantitative estimate of drug-likeness (QED) is 0.561. The lowest BCUT2D eigenvalue weighted by molar-refractivity contribution is -0.145. The fourth-order valence-corrected chi connectivity index (χ4v) is 2.85. The third-order valence-electron chi connectivity index (χ3n) is 4.50. The number of nitrogens with one attached hydrogen (secondary N) is 1. The van der Waals surface area contributed by atoms with E-state index >= 15 is 0 Å². The van der Waals surface area contributed by atoms with E-state index in [1.165, 1.54) is 6.92 Å². The van der Waals surface area contributed by atoms with Crippen molar-refractivity contribution in [2.75, 3.05) is 11.9 Å². The number of Topliss-reactive ketones (excluding diaryl/α,β-unsaturated/α-hetero) is 1. The molecule has 0 aliphatic heterocycles. The minimum atomic E-state index is -0.397. The van der Waals surface area contributed by atoms with E-state index in [9.17, 15) is 14.4 Å². The van der Waals surface area contributed by atoms with Crippen LogP contribution in [0.3, 0.4) is 0 Å². The highest BCUT2D eigenvalue weighted by atomic mass is 16.5. The number of amides is 1. The molecule has 0 radical (unpaired) electrons. The maximum absolute atomic E-state index is 12.6. The monoisotopic (exact) mass is 367 g/mol. The Kier molecular flexibility index (Phi) is 7.29. The van der Waals surface area contributed by atoms with Gasteiger partial charge in [-0.1, -0.05) is 50.6 Å². The summed E-state index contributed by atoms with van der Waals surface area (Å²) in [6.45, 7) is 5.13. The molecule has 0 bridgehead atoms. The van der Waals surface area contributed by atoms with Gasteiger partial charge in [0.25, 0.3) is 0 Å². The topological polar surface area (TPSA) is 72.5 Å². The number of carbonyl (C=O) groups excluding carboxylic acids is 3. The molecule has 2 rings (SSSR count). The third kappa shape index (κ3) is 5.78. The Hall–Kier alpha value is -2.95. The van der Waals surface area contributed by atoms with Crippen LogP contribution in [0.2, 0.25) is 0 Å². The molecule has 0 aromatic heterocycles. The van der Waals surface area contributed by atoms with Gasteiger partial charge in [-0.25, -0.2) is 0 Å². The first-order chi connectivity index (χ1) is 12.9. The van der Waals surface area contributed by atoms with E-state index in [-0.39, 0.29) is 24.2 Å². The van der Waals surface area contributed by atoms with Crippen molar-refractivity contribution >= 4 is 23.3 Å². The Morgan fingerprint density at radius 2 is 1.63 bits per heavy atom. The van der Waals surface area contributed by atoms with Crippen molar-refractivity contribution < 1.29 is 19.1 Å². The summed E-state index contributed by atoms with van der Waals surface area (Å²) >= 11 is 0. The van der Waals surface area contributed by atoms with Gasteiger partial charge in [0, 0.05) is 18.2 Å². The third-order valence-corrected chi connectivity index (χ3v) is 4.50. The molecule has 0 spiro atoms. The Balaban J connectivity index is 2.01. The molecule has 0 aliphatic carbocycles. The second-order valence-corrected chi connectivity index (χ2v) is 6.56. The van der Waals surface area contributed by atoms with Crippen molar-refractivity contribution in [3.8, 4) is 0 Å². The van der Waals surface area contributed by atoms with Gasteiger partial charge in [-0.05, 0) is 35.7 Å². The van der Waals surface area contributed by atoms with E-state index in [0.717, 1.165) is 12.0 Å². The lowest BCUT2D eigenvalue weighted by Gasteiger charge is -2.21. The molecule has 0 aliphatic rings. The van der Waals surface area contributed by atoms with Crippen molar-refractivity contribution in [2.24, 2.45) is 5.92 Å². The summed E-state index contributed by atoms with van der Waals surface area (Å²) in [6.07, 6.45) is 0.827. The predicted molar refractivity (Wildman–Crippen MR) is 105 cm³/mol. The molecule has 1 N–H and O–H groups in total. The van der Waals surface area contributed by atoms with Crippen molar-refractivity contribution in [1.82, 2.24) is 0 Å². The van der Waals surface area contributed by atoms with E-state index < -0.39 is 11.9 Å². The van der Waals surface area contributed by atoms with Crippen molar-refractivity contribution in [3.63, 3.8) is 0 Å². The zero-order valence-electron chi connectivity index (χ0n) is 15.9. The summed E-state index contributed by atoms with van der Waals surface area (Å²) in [5.74, 6) is -1.15. The van der Waals surface area contributed by atoms with Crippen LogP contribution in [0.5, 0.6) is 0 Å². The fourth-order valence-electron chi connectivity index (χ4n) is 2.85. The molecule has 142 valence electrons. The van der Waals surface area contributed by atoms with Gasteiger partial charge in [0.15, 0.2) is 12.4 Å². The molecule has 2 aromatic rings. The number of hydrogen-bond donors (Lipinski definition) is 1. The molecule has 0 heterocycles. The average Bonchev–Trinajstić information content (AvgIpc) is 2.67. The normalized spacial score (nSPS) is 12.7. The maximum Gasteiger partial charge on any atom is 0.314 e. The smallest absolute Gasteiger partial charge is 0.314 e. The molecule has 2 atom stereocenters. The number of hydrogen-bond acceptors (Lipinski definition) is 4. The highest BCUT2D eigenvalue weighted by Crippen LogP contribution is 2.28. The first kappa shape index (κ1) is 20.4. The first-order valence-corrected chi connectivity index (χ1v) is 9.04. The second kappa shape index (κ2) is 9.67. The van der Waals surface area contributed by atoms with Crippen molar-refractivity contribution in [2.45, 2.75) is 33.1 Å². The van der Waals surface area contributed by atoms with Crippen LogP contribution in [0.1, 0.15) is 49.0 Å². The molecule has 2 aromatic carbocycles. The van der Waals surface area contributed by atoms with Gasteiger partial charge in [0.1, 0.15) is 0 Å². The van der Waals surface area contributed by atoms with Gasteiger partial charge in [-0.2, -0.15) is 0 Å². The first-order valence-electron chi connectivity index (χ1n) is 9.04. The summed E-state index contributed by atoms with van der Waals surface area (Å²) in [5, 5.41) is 2.64. The minimum absolute atomic E-state index is 0.104. The molecule has 0 fully saturated rings. The lowest BCUT2D eigenvalue weighted by Crippen LogP contribution is -2.24. The van der Waals surface area contributed by atoms with E-state index in [1.54, 1.807) is 24.3 Å². The number of carbonyl (C=O) groups is 3. The predicted octanol–water partition coefficient (Wildman–Crippen LogP) is 4.20. The second-order valence-electron chi connectivity index (χ2n) is 6.56. The minimum Gasteiger partial charge on any atom is -0.457 e. The van der Waals surface area contributed by atoms with E-state index in [4.69, 9.17) is 4.74 Å². The summed E-state index contributed by atoms with van der Waals surface area (Å²) in [7, 11) is 0. The van der Waals surface area contributed by atoms with Crippen LogP contribution >= 0.6 is 0 Å². The van der Waals surface area contributed by atoms with Gasteiger partial charge in [0.2, 0.25) is 5.91 Å². The summed E-state index contributed by atoms with van der Waals surface area (Å²) < 4.78 is 5.33. The average molecular weight is 367 g/mol. The standard InChI is InChI=1S/C22H25NO4/c1-4-15(2)21(18-8-6-5-7-9-18)22(26)27-14-20(25)17-10-12-19(13-11-17)23-16(3)24/h5-13,15,21H,4,14H2,1-3H3,(H,23,24)/t15-,21-/m1/s1. The molecule has 0 unspecified atom stereocenters. The zero-order chi connectivity index (χ0) is 19.8. The van der Waals surface area contributed by atoms with E-state index in [2.05, 4.69) is 5.32 Å². The molecule has 0 saturated heterocycles. The summed E-state index contributed by atoms with van der Waals surface area (Å²) in [6, 6.07) is 16.0. The van der Waals surface area contributed by atoms with Crippen LogP contribution in [0.25, 0.3) is 0 Å². The van der Waals surface area contributed by atoms with Crippen LogP contribution in [0.4, 0.5) is 5.69 Å². The number of rotatable bonds is 8. The molecule has 5 nitrogen and oxygen atoms in total. The number of anilines is 1. The Morgan fingerprint density at radius 3 is 2.19 bits per heavy atom. The maximum atomic E-state index is 12.6. The van der Waals surface area contributed by atoms with Gasteiger partial charge >= 0.3 is 5.97 Å². The highest BCUT2D eigenvalue weighted by Gasteiger charge is 2.27. The van der Waals surface area contributed by atoms with E-state index in [1.807, 2.05) is 44.2 Å². The highest BCUT2D eigenvalue weighted by molar-refractivity contribution is 5.99. The summed E-state index contributed by atoms with van der Waals surface area (Å²) in [5.41, 5.74) is 1.93. The van der Waals surface area contributed by atoms with Gasteiger partial charge in [0.05, 0.1) is 5.92 Å². The lowest BCUT2D eigenvalue weighted by atomic mass is 9.85. The summed E-state index contributed by atoms with van der Waals surface area (Å²) in [4.78, 5) is 36.0. The number of esters is 1. The molecule has 1 amide bonds. The van der Waals surface area contributed by atoms with Gasteiger partial charge < -0.3 is 10.1 Å². The molecule has 27 heavy (non-hydrogen) atoms. The zero-order valence-corrected chi connectivity index (χ0v) is 15.9. The van der Waals surface area contributed by atoms with Crippen molar-refractivity contribution in [3.05, 3.63) is 65.7 Å². The SMILES string of the molecule is CC[C@@H](C)[C@@H](C(=O)OCC(=O)c1ccc(NC(C)=O)cc1)c1ccccc1. The fraction of sp³-hybridized carbons (Fsp3) is 0.318. The largest absolute Gasteiger partial charge is 0.457 e. The van der Waals surface area contributed by atoms with Crippen LogP contribution in [0.15, 0.2) is 54.6 Å². The number of ketones is 1. The van der Waals surface area contributed by atoms with Crippen LogP contribution < -0.4 is 5.32 Å². The molecule has 0 saturated carbocycles. The van der Waals surface area contributed by atoms with Crippen LogP contribution in [-0.2, 0) is 14.3 Å². The Labute approximate surface area is 159 Å². The molecular weight excluding hydrogens is 342 g/mol. The number of ether oxygens (including phenoxy) is 1. The number of benzene rings is 2. The Bertz CT molecular complexity index is 784. The Morgan fingerprint density at radius 1 is 1.00 bits per heavy atom. The van der Waals surface area contributed by atoms with Crippen LogP contribution in [0, 0.1) is 5.92 Å². The van der Waals surface area contributed by atoms with Crippen molar-refractivity contribution in [1.29, 1.82) is 0 Å². The van der Waals surface area contributed by atoms with Crippen LogP contribution in [-0.4, -0.2) is 24.3 Å². The molecular formula is C22H25NO4. The van der Waals surface area contributed by atoms with E-state index in [0.29, 0.717) is 11.3 Å². The molecule has 5 heteroatoms.